The van der Waals surface area contributed by atoms with Gasteiger partial charge in [-0.1, -0.05) is 30.3 Å². The molecule has 0 unspecified atom stereocenters. The molecule has 1 amide bonds. The van der Waals surface area contributed by atoms with Gasteiger partial charge in [0.15, 0.2) is 5.13 Å². The van der Waals surface area contributed by atoms with Gasteiger partial charge in [0, 0.05) is 23.9 Å². The number of rotatable bonds is 3. The molecule has 1 aliphatic heterocycles. The maximum Gasteiger partial charge on any atom is 0.257 e. The number of aryl methyl sites for hydroxylation is 2. The Morgan fingerprint density at radius 2 is 1.75 bits per heavy atom. The van der Waals surface area contributed by atoms with Crippen molar-refractivity contribution < 1.29 is 4.79 Å². The van der Waals surface area contributed by atoms with Crippen LogP contribution in [0.5, 0.6) is 0 Å². The van der Waals surface area contributed by atoms with Crippen molar-refractivity contribution in [2.75, 3.05) is 18.8 Å². The Labute approximate surface area is 168 Å². The van der Waals surface area contributed by atoms with Crippen LogP contribution in [0.25, 0.3) is 0 Å². The van der Waals surface area contributed by atoms with E-state index >= 15 is 0 Å². The van der Waals surface area contributed by atoms with Gasteiger partial charge in [-0.05, 0) is 32.3 Å². The third kappa shape index (κ3) is 3.16. The van der Waals surface area contributed by atoms with E-state index in [1.807, 2.05) is 24.8 Å². The van der Waals surface area contributed by atoms with Crippen molar-refractivity contribution in [3.63, 3.8) is 0 Å². The van der Waals surface area contributed by atoms with Gasteiger partial charge in [-0.2, -0.15) is 0 Å². The maximum atomic E-state index is 13.1. The summed E-state index contributed by atoms with van der Waals surface area (Å²) in [4.78, 5) is 28.1. The second-order valence-corrected chi connectivity index (χ2v) is 8.12. The summed E-state index contributed by atoms with van der Waals surface area (Å²) in [5.74, 6) is 0.00931. The summed E-state index contributed by atoms with van der Waals surface area (Å²) in [6, 6.07) is 10.4. The van der Waals surface area contributed by atoms with Crippen molar-refractivity contribution in [2.45, 2.75) is 32.1 Å². The second kappa shape index (κ2) is 7.31. The summed E-state index contributed by atoms with van der Waals surface area (Å²) in [5.41, 5.74) is 10.0. The van der Waals surface area contributed by atoms with Gasteiger partial charge in [0.2, 0.25) is 0 Å². The van der Waals surface area contributed by atoms with E-state index < -0.39 is 0 Å². The molecule has 4 rings (SSSR count). The fraction of sp³-hybridized carbons (Fsp3) is 0.333. The number of benzene rings is 1. The average Bonchev–Trinajstić information content (AvgIpc) is 3.15. The predicted molar refractivity (Wildman–Crippen MR) is 110 cm³/mol. The number of nitrogens with two attached hydrogens (primary N) is 1. The molecule has 1 fully saturated rings. The first-order valence-corrected chi connectivity index (χ1v) is 10.2. The number of hydrogen-bond donors (Lipinski definition) is 1. The van der Waals surface area contributed by atoms with Crippen LogP contribution < -0.4 is 5.73 Å². The maximum absolute atomic E-state index is 13.1. The smallest absolute Gasteiger partial charge is 0.257 e. The topological polar surface area (TPSA) is 85.0 Å². The molecule has 7 heteroatoms. The van der Waals surface area contributed by atoms with Crippen molar-refractivity contribution in [2.24, 2.45) is 0 Å². The Bertz CT molecular complexity index is 973. The monoisotopic (exact) mass is 393 g/mol. The average molecular weight is 394 g/mol. The van der Waals surface area contributed by atoms with E-state index in [1.54, 1.807) is 0 Å². The molecule has 144 valence electrons. The number of aromatic nitrogens is 3. The zero-order valence-electron chi connectivity index (χ0n) is 16.1. The van der Waals surface area contributed by atoms with Gasteiger partial charge in [0.1, 0.15) is 6.33 Å². The molecule has 2 N–H and O–H groups in total. The zero-order chi connectivity index (χ0) is 19.7. The highest BCUT2D eigenvalue weighted by Gasteiger charge is 2.41. The highest BCUT2D eigenvalue weighted by Crippen LogP contribution is 2.42. The molecule has 28 heavy (non-hydrogen) atoms. The van der Waals surface area contributed by atoms with Gasteiger partial charge < -0.3 is 10.6 Å². The lowest BCUT2D eigenvalue weighted by Crippen LogP contribution is -2.46. The van der Waals surface area contributed by atoms with E-state index in [0.717, 1.165) is 29.9 Å². The highest BCUT2D eigenvalue weighted by molar-refractivity contribution is 7.13. The molecule has 0 spiro atoms. The molecule has 0 saturated carbocycles. The molecule has 3 heterocycles. The van der Waals surface area contributed by atoms with Gasteiger partial charge in [-0.15, -0.1) is 11.3 Å². The van der Waals surface area contributed by atoms with Gasteiger partial charge in [0.25, 0.3) is 5.91 Å². The summed E-state index contributed by atoms with van der Waals surface area (Å²) in [6.07, 6.45) is 3.11. The molecule has 6 nitrogen and oxygen atoms in total. The number of piperidine rings is 1. The molecule has 1 aromatic carbocycles. The van der Waals surface area contributed by atoms with E-state index in [4.69, 9.17) is 5.73 Å². The first-order chi connectivity index (χ1) is 13.5. The second-order valence-electron chi connectivity index (χ2n) is 7.23. The van der Waals surface area contributed by atoms with E-state index in [1.165, 1.54) is 23.2 Å². The minimum absolute atomic E-state index is 0.00931. The number of nitrogen functional groups attached to an aromatic ring is 1. The standard InChI is InChI=1S/C21H23N5OS/c1-14-18(15(2)24-13-23-14)19(27)26-10-8-21(9-11-26,16-6-4-3-5-7-16)17-12-28-20(22)25-17/h3-7,12-13H,8-11H2,1-2H3,(H2,22,25). The molecule has 1 aliphatic rings. The lowest BCUT2D eigenvalue weighted by Gasteiger charge is -2.41. The van der Waals surface area contributed by atoms with E-state index in [-0.39, 0.29) is 11.3 Å². The molecule has 0 aliphatic carbocycles. The van der Waals surface area contributed by atoms with Crippen LogP contribution in [0, 0.1) is 13.8 Å². The quantitative estimate of drug-likeness (QED) is 0.737. The Morgan fingerprint density at radius 3 is 2.32 bits per heavy atom. The Morgan fingerprint density at radius 1 is 1.11 bits per heavy atom. The number of hydrogen-bond acceptors (Lipinski definition) is 6. The minimum Gasteiger partial charge on any atom is -0.375 e. The zero-order valence-corrected chi connectivity index (χ0v) is 16.9. The van der Waals surface area contributed by atoms with Crippen LogP contribution in [-0.4, -0.2) is 38.8 Å². The van der Waals surface area contributed by atoms with Crippen molar-refractivity contribution in [3.8, 4) is 0 Å². The first-order valence-electron chi connectivity index (χ1n) is 9.36. The van der Waals surface area contributed by atoms with Gasteiger partial charge in [-0.25, -0.2) is 15.0 Å². The third-order valence-electron chi connectivity index (χ3n) is 5.68. The van der Waals surface area contributed by atoms with Crippen LogP contribution in [0.15, 0.2) is 42.0 Å². The largest absolute Gasteiger partial charge is 0.375 e. The third-order valence-corrected chi connectivity index (χ3v) is 6.36. The number of carbonyl (C=O) groups excluding carboxylic acids is 1. The molecule has 0 radical (unpaired) electrons. The number of amides is 1. The van der Waals surface area contributed by atoms with Crippen LogP contribution >= 0.6 is 11.3 Å². The molecule has 1 saturated heterocycles. The SMILES string of the molecule is Cc1ncnc(C)c1C(=O)N1CCC(c2ccccc2)(c2csc(N)n2)CC1. The van der Waals surface area contributed by atoms with E-state index in [0.29, 0.717) is 23.8 Å². The fourth-order valence-corrected chi connectivity index (χ4v) is 4.77. The van der Waals surface area contributed by atoms with Crippen molar-refractivity contribution in [3.05, 3.63) is 70.2 Å². The summed E-state index contributed by atoms with van der Waals surface area (Å²) >= 11 is 1.47. The summed E-state index contributed by atoms with van der Waals surface area (Å²) in [7, 11) is 0. The molecule has 3 aromatic rings. The fourth-order valence-electron chi connectivity index (χ4n) is 4.11. The van der Waals surface area contributed by atoms with Crippen LogP contribution in [0.3, 0.4) is 0 Å². The molecular weight excluding hydrogens is 370 g/mol. The minimum atomic E-state index is -0.219. The summed E-state index contributed by atoms with van der Waals surface area (Å²) in [6.45, 7) is 5.02. The molecule has 0 bridgehead atoms. The van der Waals surface area contributed by atoms with Crippen LogP contribution in [0.1, 0.15) is 45.8 Å². The van der Waals surface area contributed by atoms with E-state index in [9.17, 15) is 4.79 Å². The summed E-state index contributed by atoms with van der Waals surface area (Å²) < 4.78 is 0. The van der Waals surface area contributed by atoms with Gasteiger partial charge >= 0.3 is 0 Å². The van der Waals surface area contributed by atoms with Crippen LogP contribution in [-0.2, 0) is 5.41 Å². The number of likely N-dealkylation sites (tertiary alicyclic amines) is 1. The van der Waals surface area contributed by atoms with Crippen LogP contribution in [0.4, 0.5) is 5.13 Å². The van der Waals surface area contributed by atoms with E-state index in [2.05, 4.69) is 44.6 Å². The molecular formula is C21H23N5OS. The lowest BCUT2D eigenvalue weighted by atomic mass is 9.70. The van der Waals surface area contributed by atoms with Gasteiger partial charge in [0.05, 0.1) is 22.6 Å². The molecule has 2 aromatic heterocycles. The van der Waals surface area contributed by atoms with Crippen molar-refractivity contribution in [1.82, 2.24) is 19.9 Å². The van der Waals surface area contributed by atoms with Gasteiger partial charge in [-0.3, -0.25) is 4.79 Å². The molecule has 0 atom stereocenters. The number of anilines is 1. The lowest BCUT2D eigenvalue weighted by molar-refractivity contribution is 0.0681. The van der Waals surface area contributed by atoms with Crippen LogP contribution in [0.2, 0.25) is 0 Å². The Hall–Kier alpha value is -2.80. The number of nitrogens with zero attached hydrogens (tertiary/aromatic N) is 4. The Balaban J connectivity index is 1.64. The van der Waals surface area contributed by atoms with Crippen molar-refractivity contribution >= 4 is 22.4 Å². The first kappa shape index (κ1) is 18.6. The number of thiazole rings is 1. The predicted octanol–water partition coefficient (Wildman–Crippen LogP) is 3.35. The van der Waals surface area contributed by atoms with Crippen molar-refractivity contribution in [1.29, 1.82) is 0 Å². The highest BCUT2D eigenvalue weighted by atomic mass is 32.1. The summed E-state index contributed by atoms with van der Waals surface area (Å²) in [5, 5.41) is 2.63. The Kier molecular flexibility index (Phi) is 4.85. The number of carbonyl (C=O) groups is 1. The normalized spacial score (nSPS) is 16.1.